The first-order chi connectivity index (χ1) is 14.5. The number of halogens is 2. The van der Waals surface area contributed by atoms with Gasteiger partial charge in [-0.2, -0.15) is 0 Å². The van der Waals surface area contributed by atoms with Gasteiger partial charge in [-0.1, -0.05) is 42.5 Å². The van der Waals surface area contributed by atoms with E-state index in [-0.39, 0.29) is 17.8 Å². The predicted octanol–water partition coefficient (Wildman–Crippen LogP) is 5.06. The van der Waals surface area contributed by atoms with Gasteiger partial charge in [0.15, 0.2) is 0 Å². The van der Waals surface area contributed by atoms with Gasteiger partial charge in [-0.25, -0.2) is 13.8 Å². The van der Waals surface area contributed by atoms with Gasteiger partial charge in [0.05, 0.1) is 12.5 Å². The summed E-state index contributed by atoms with van der Waals surface area (Å²) in [6.45, 7) is 1.80. The molecule has 3 aromatic carbocycles. The van der Waals surface area contributed by atoms with Gasteiger partial charge in [0, 0.05) is 17.8 Å². The summed E-state index contributed by atoms with van der Waals surface area (Å²) in [5.74, 6) is -1.87. The lowest BCUT2D eigenvalue weighted by Gasteiger charge is -2.11. The lowest BCUT2D eigenvalue weighted by Crippen LogP contribution is -2.26. The van der Waals surface area contributed by atoms with E-state index in [1.165, 1.54) is 24.2 Å². The molecule has 0 unspecified atom stereocenters. The topological polar surface area (TPSA) is 46.9 Å². The standard InChI is InChI=1S/C24H19F2N3O/c1-16-5-2-3-6-19(16)17-9-11-18(12-10-17)29-15-27-14-23(29)24(30)28-13-20-21(25)7-4-8-22(20)26/h2-12,14-15H,13H2,1H3,(H,28,30). The molecule has 0 saturated carbocycles. The van der Waals surface area contributed by atoms with Gasteiger partial charge in [-0.15, -0.1) is 0 Å². The summed E-state index contributed by atoms with van der Waals surface area (Å²) < 4.78 is 29.2. The van der Waals surface area contributed by atoms with Crippen LogP contribution in [0, 0.1) is 18.6 Å². The first kappa shape index (κ1) is 19.5. The van der Waals surface area contributed by atoms with Crippen molar-refractivity contribution in [1.82, 2.24) is 14.9 Å². The number of hydrogen-bond acceptors (Lipinski definition) is 2. The van der Waals surface area contributed by atoms with Crippen molar-refractivity contribution in [2.45, 2.75) is 13.5 Å². The minimum Gasteiger partial charge on any atom is -0.346 e. The highest BCUT2D eigenvalue weighted by atomic mass is 19.1. The van der Waals surface area contributed by atoms with Crippen molar-refractivity contribution < 1.29 is 13.6 Å². The molecule has 0 spiro atoms. The van der Waals surface area contributed by atoms with Crippen LogP contribution in [-0.4, -0.2) is 15.5 Å². The van der Waals surface area contributed by atoms with E-state index in [1.807, 2.05) is 36.4 Å². The van der Waals surface area contributed by atoms with E-state index in [2.05, 4.69) is 29.4 Å². The summed E-state index contributed by atoms with van der Waals surface area (Å²) in [4.78, 5) is 16.7. The number of nitrogens with one attached hydrogen (secondary N) is 1. The van der Waals surface area contributed by atoms with Crippen LogP contribution >= 0.6 is 0 Å². The minimum atomic E-state index is -0.699. The van der Waals surface area contributed by atoms with Crippen molar-refractivity contribution in [3.63, 3.8) is 0 Å². The number of aryl methyl sites for hydroxylation is 1. The van der Waals surface area contributed by atoms with Crippen LogP contribution in [0.3, 0.4) is 0 Å². The van der Waals surface area contributed by atoms with Gasteiger partial charge in [-0.3, -0.25) is 9.36 Å². The van der Waals surface area contributed by atoms with Crippen LogP contribution in [0.1, 0.15) is 21.6 Å². The maximum absolute atomic E-state index is 13.8. The molecule has 0 saturated heterocycles. The SMILES string of the molecule is Cc1ccccc1-c1ccc(-n2cncc2C(=O)NCc2c(F)cccc2F)cc1. The fourth-order valence-electron chi connectivity index (χ4n) is 3.33. The Morgan fingerprint density at radius 2 is 1.67 bits per heavy atom. The van der Waals surface area contributed by atoms with Crippen molar-refractivity contribution in [3.05, 3.63) is 108 Å². The third-order valence-electron chi connectivity index (χ3n) is 4.96. The van der Waals surface area contributed by atoms with Crippen LogP contribution in [0.4, 0.5) is 8.78 Å². The summed E-state index contributed by atoms with van der Waals surface area (Å²) in [7, 11) is 0. The zero-order chi connectivity index (χ0) is 21.1. The Bertz CT molecular complexity index is 1180. The number of nitrogens with zero attached hydrogens (tertiary/aromatic N) is 2. The Hall–Kier alpha value is -3.80. The van der Waals surface area contributed by atoms with Crippen molar-refractivity contribution >= 4 is 5.91 Å². The third-order valence-corrected chi connectivity index (χ3v) is 4.96. The average Bonchev–Trinajstić information content (AvgIpc) is 3.24. The fourth-order valence-corrected chi connectivity index (χ4v) is 3.33. The molecule has 0 fully saturated rings. The van der Waals surface area contributed by atoms with Crippen molar-refractivity contribution in [2.24, 2.45) is 0 Å². The molecule has 0 radical (unpaired) electrons. The Morgan fingerprint density at radius 1 is 0.967 bits per heavy atom. The number of carbonyl (C=O) groups is 1. The van der Waals surface area contributed by atoms with Crippen LogP contribution in [0.25, 0.3) is 16.8 Å². The van der Waals surface area contributed by atoms with Crippen LogP contribution in [0.5, 0.6) is 0 Å². The molecule has 1 heterocycles. The number of hydrogen-bond donors (Lipinski definition) is 1. The number of imidazole rings is 1. The molecule has 0 aliphatic heterocycles. The van der Waals surface area contributed by atoms with Gasteiger partial charge in [-0.05, 0) is 47.9 Å². The highest BCUT2D eigenvalue weighted by molar-refractivity contribution is 5.93. The molecule has 4 rings (SSSR count). The van der Waals surface area contributed by atoms with E-state index >= 15 is 0 Å². The lowest BCUT2D eigenvalue weighted by molar-refractivity contribution is 0.0943. The maximum Gasteiger partial charge on any atom is 0.270 e. The summed E-state index contributed by atoms with van der Waals surface area (Å²) in [6, 6.07) is 19.5. The third kappa shape index (κ3) is 3.85. The van der Waals surface area contributed by atoms with Crippen molar-refractivity contribution in [3.8, 4) is 16.8 Å². The molecule has 0 aliphatic rings. The van der Waals surface area contributed by atoms with Gasteiger partial charge >= 0.3 is 0 Å². The van der Waals surface area contributed by atoms with Crippen LogP contribution < -0.4 is 5.32 Å². The number of rotatable bonds is 5. The van der Waals surface area contributed by atoms with Gasteiger partial charge in [0.25, 0.3) is 5.91 Å². The van der Waals surface area contributed by atoms with E-state index < -0.39 is 17.5 Å². The number of benzene rings is 3. The number of carbonyl (C=O) groups excluding carboxylic acids is 1. The molecule has 4 nitrogen and oxygen atoms in total. The number of aromatic nitrogens is 2. The second kappa shape index (κ2) is 8.29. The molecule has 150 valence electrons. The Kier molecular flexibility index (Phi) is 5.39. The monoisotopic (exact) mass is 403 g/mol. The molecule has 1 amide bonds. The summed E-state index contributed by atoms with van der Waals surface area (Å²) >= 11 is 0. The molecule has 1 aromatic heterocycles. The molecule has 0 bridgehead atoms. The zero-order valence-corrected chi connectivity index (χ0v) is 16.3. The van der Waals surface area contributed by atoms with E-state index in [1.54, 1.807) is 4.57 Å². The summed E-state index contributed by atoms with van der Waals surface area (Å²) in [5, 5.41) is 2.56. The molecule has 0 atom stereocenters. The summed E-state index contributed by atoms with van der Waals surface area (Å²) in [6.07, 6.45) is 2.95. The molecule has 30 heavy (non-hydrogen) atoms. The first-order valence-corrected chi connectivity index (χ1v) is 9.44. The normalized spacial score (nSPS) is 10.8. The van der Waals surface area contributed by atoms with Gasteiger partial charge in [0.1, 0.15) is 17.3 Å². The highest BCUT2D eigenvalue weighted by Gasteiger charge is 2.15. The molecular weight excluding hydrogens is 384 g/mol. The van der Waals surface area contributed by atoms with E-state index in [0.29, 0.717) is 0 Å². The Balaban J connectivity index is 1.54. The molecule has 6 heteroatoms. The highest BCUT2D eigenvalue weighted by Crippen LogP contribution is 2.24. The quantitative estimate of drug-likeness (QED) is 0.507. The van der Waals surface area contributed by atoms with E-state index in [9.17, 15) is 13.6 Å². The van der Waals surface area contributed by atoms with Crippen molar-refractivity contribution in [2.75, 3.05) is 0 Å². The van der Waals surface area contributed by atoms with Crippen molar-refractivity contribution in [1.29, 1.82) is 0 Å². The average molecular weight is 403 g/mol. The van der Waals surface area contributed by atoms with Crippen LogP contribution in [0.15, 0.2) is 79.3 Å². The zero-order valence-electron chi connectivity index (χ0n) is 16.3. The van der Waals surface area contributed by atoms with Gasteiger partial charge < -0.3 is 5.32 Å². The lowest BCUT2D eigenvalue weighted by atomic mass is 10.0. The first-order valence-electron chi connectivity index (χ1n) is 9.44. The Labute approximate surface area is 172 Å². The fraction of sp³-hybridized carbons (Fsp3) is 0.0833. The minimum absolute atomic E-state index is 0.181. The maximum atomic E-state index is 13.8. The van der Waals surface area contributed by atoms with E-state index in [0.717, 1.165) is 28.9 Å². The second-order valence-electron chi connectivity index (χ2n) is 6.89. The molecule has 1 N–H and O–H groups in total. The van der Waals surface area contributed by atoms with E-state index in [4.69, 9.17) is 0 Å². The van der Waals surface area contributed by atoms with Crippen LogP contribution in [0.2, 0.25) is 0 Å². The summed E-state index contributed by atoms with van der Waals surface area (Å²) in [5.41, 5.74) is 4.23. The predicted molar refractivity (Wildman–Crippen MR) is 111 cm³/mol. The largest absolute Gasteiger partial charge is 0.346 e. The second-order valence-corrected chi connectivity index (χ2v) is 6.89. The van der Waals surface area contributed by atoms with Gasteiger partial charge in [0.2, 0.25) is 0 Å². The smallest absolute Gasteiger partial charge is 0.270 e. The van der Waals surface area contributed by atoms with Crippen LogP contribution in [-0.2, 0) is 6.54 Å². The number of amides is 1. The Morgan fingerprint density at radius 3 is 2.37 bits per heavy atom. The molecule has 0 aliphatic carbocycles. The molecular formula is C24H19F2N3O. The molecule has 4 aromatic rings.